The molecule has 1 aromatic rings. The molecule has 100 valence electrons. The largest absolute Gasteiger partial charge is 0.312 e. The summed E-state index contributed by atoms with van der Waals surface area (Å²) < 4.78 is 2.12. The van der Waals surface area contributed by atoms with Gasteiger partial charge >= 0.3 is 0 Å². The van der Waals surface area contributed by atoms with Gasteiger partial charge in [0, 0.05) is 11.8 Å². The highest BCUT2D eigenvalue weighted by atomic mass is 15.3. The molecule has 4 aliphatic rings. The van der Waals surface area contributed by atoms with Crippen molar-refractivity contribution in [3.63, 3.8) is 0 Å². The molecule has 5 rings (SSSR count). The quantitative estimate of drug-likeness (QED) is 0.883. The molecular formula is C15H20N4. The second kappa shape index (κ2) is 4.08. The molecule has 1 aromatic heterocycles. The Kier molecular flexibility index (Phi) is 2.46. The van der Waals surface area contributed by atoms with Gasteiger partial charge in [-0.05, 0) is 55.8 Å². The van der Waals surface area contributed by atoms with Gasteiger partial charge in [-0.3, -0.25) is 4.68 Å². The van der Waals surface area contributed by atoms with Crippen molar-refractivity contribution in [1.29, 1.82) is 5.26 Å². The van der Waals surface area contributed by atoms with Crippen LogP contribution in [0.1, 0.15) is 49.8 Å². The molecule has 19 heavy (non-hydrogen) atoms. The third-order valence-corrected chi connectivity index (χ3v) is 5.60. The van der Waals surface area contributed by atoms with E-state index in [4.69, 9.17) is 11.0 Å². The van der Waals surface area contributed by atoms with E-state index in [1.54, 1.807) is 6.20 Å². The third kappa shape index (κ3) is 1.72. The molecule has 4 nitrogen and oxygen atoms in total. The summed E-state index contributed by atoms with van der Waals surface area (Å²) in [4.78, 5) is 0. The summed E-state index contributed by atoms with van der Waals surface area (Å²) in [5.41, 5.74) is 6.63. The lowest BCUT2D eigenvalue weighted by atomic mass is 9.54. The fourth-order valence-electron chi connectivity index (χ4n) is 5.08. The van der Waals surface area contributed by atoms with Crippen LogP contribution in [0.5, 0.6) is 0 Å². The SMILES string of the molecule is N#CC(N)c1cnn(C2C3CC4CC(C3)CC2C4)c1. The predicted molar refractivity (Wildman–Crippen MR) is 70.9 cm³/mol. The first-order valence-corrected chi connectivity index (χ1v) is 7.44. The topological polar surface area (TPSA) is 67.6 Å². The van der Waals surface area contributed by atoms with E-state index in [2.05, 4.69) is 15.8 Å². The molecule has 1 atom stereocenters. The van der Waals surface area contributed by atoms with Crippen LogP contribution in [-0.2, 0) is 0 Å². The summed E-state index contributed by atoms with van der Waals surface area (Å²) in [5, 5.41) is 13.4. The first kappa shape index (κ1) is 11.5. The average molecular weight is 256 g/mol. The van der Waals surface area contributed by atoms with Crippen LogP contribution >= 0.6 is 0 Å². The Balaban J connectivity index is 1.62. The molecule has 0 radical (unpaired) electrons. The van der Waals surface area contributed by atoms with Crippen LogP contribution in [-0.4, -0.2) is 9.78 Å². The van der Waals surface area contributed by atoms with Gasteiger partial charge in [-0.1, -0.05) is 0 Å². The number of hydrogen-bond donors (Lipinski definition) is 1. The van der Waals surface area contributed by atoms with Crippen LogP contribution in [0.4, 0.5) is 0 Å². The smallest absolute Gasteiger partial charge is 0.121 e. The summed E-state index contributed by atoms with van der Waals surface area (Å²) in [6.45, 7) is 0. The molecule has 4 fully saturated rings. The van der Waals surface area contributed by atoms with Crippen molar-refractivity contribution in [3.8, 4) is 6.07 Å². The minimum atomic E-state index is -0.536. The maximum atomic E-state index is 8.90. The highest BCUT2D eigenvalue weighted by Crippen LogP contribution is 2.58. The van der Waals surface area contributed by atoms with Crippen molar-refractivity contribution in [2.45, 2.75) is 44.2 Å². The molecule has 2 N–H and O–H groups in total. The Morgan fingerprint density at radius 3 is 2.42 bits per heavy atom. The minimum Gasteiger partial charge on any atom is -0.312 e. The molecule has 1 unspecified atom stereocenters. The Morgan fingerprint density at radius 2 is 1.84 bits per heavy atom. The third-order valence-electron chi connectivity index (χ3n) is 5.60. The lowest BCUT2D eigenvalue weighted by Crippen LogP contribution is -2.46. The minimum absolute atomic E-state index is 0.536. The fraction of sp³-hybridized carbons (Fsp3) is 0.733. The van der Waals surface area contributed by atoms with E-state index in [9.17, 15) is 0 Å². The second-order valence-electron chi connectivity index (χ2n) is 6.78. The maximum absolute atomic E-state index is 8.90. The van der Waals surface area contributed by atoms with Gasteiger partial charge in [-0.2, -0.15) is 10.4 Å². The van der Waals surface area contributed by atoms with Crippen molar-refractivity contribution >= 4 is 0 Å². The summed E-state index contributed by atoms with van der Waals surface area (Å²) in [7, 11) is 0. The first-order valence-electron chi connectivity index (χ1n) is 7.44. The van der Waals surface area contributed by atoms with Gasteiger partial charge in [0.1, 0.15) is 6.04 Å². The molecule has 1 heterocycles. The zero-order valence-corrected chi connectivity index (χ0v) is 11.1. The maximum Gasteiger partial charge on any atom is 0.121 e. The summed E-state index contributed by atoms with van der Waals surface area (Å²) in [6, 6.07) is 2.11. The molecule has 4 heteroatoms. The van der Waals surface area contributed by atoms with E-state index in [-0.39, 0.29) is 0 Å². The van der Waals surface area contributed by atoms with Crippen molar-refractivity contribution in [1.82, 2.24) is 9.78 Å². The van der Waals surface area contributed by atoms with E-state index in [1.165, 1.54) is 32.1 Å². The van der Waals surface area contributed by atoms with E-state index in [0.29, 0.717) is 6.04 Å². The first-order chi connectivity index (χ1) is 9.24. The molecule has 4 aliphatic carbocycles. The number of nitrogens with zero attached hydrogens (tertiary/aromatic N) is 3. The molecule has 0 spiro atoms. The zero-order valence-electron chi connectivity index (χ0n) is 11.1. The number of rotatable bonds is 2. The molecule has 4 saturated carbocycles. The lowest BCUT2D eigenvalue weighted by Gasteiger charge is -2.54. The van der Waals surface area contributed by atoms with E-state index < -0.39 is 6.04 Å². The van der Waals surface area contributed by atoms with E-state index >= 15 is 0 Å². The van der Waals surface area contributed by atoms with E-state index in [1.807, 2.05) is 6.20 Å². The highest BCUT2D eigenvalue weighted by molar-refractivity contribution is 5.17. The van der Waals surface area contributed by atoms with Crippen molar-refractivity contribution < 1.29 is 0 Å². The summed E-state index contributed by atoms with van der Waals surface area (Å²) in [5.74, 6) is 3.58. The number of nitriles is 1. The van der Waals surface area contributed by atoms with Gasteiger partial charge < -0.3 is 5.73 Å². The molecule has 4 bridgehead atoms. The summed E-state index contributed by atoms with van der Waals surface area (Å²) >= 11 is 0. The van der Waals surface area contributed by atoms with Gasteiger partial charge in [0.2, 0.25) is 0 Å². The highest BCUT2D eigenvalue weighted by Gasteiger charge is 2.49. The van der Waals surface area contributed by atoms with Crippen LogP contribution in [0.25, 0.3) is 0 Å². The molecule has 0 aliphatic heterocycles. The Hall–Kier alpha value is -1.34. The number of nitrogens with two attached hydrogens (primary N) is 1. The van der Waals surface area contributed by atoms with Gasteiger partial charge in [-0.15, -0.1) is 0 Å². The van der Waals surface area contributed by atoms with Crippen LogP contribution in [0, 0.1) is 35.0 Å². The molecular weight excluding hydrogens is 236 g/mol. The Labute approximate surface area is 113 Å². The van der Waals surface area contributed by atoms with Crippen LogP contribution in [0.2, 0.25) is 0 Å². The van der Waals surface area contributed by atoms with Gasteiger partial charge in [0.25, 0.3) is 0 Å². The summed E-state index contributed by atoms with van der Waals surface area (Å²) in [6.07, 6.45) is 10.8. The molecule has 0 aromatic carbocycles. The molecule has 0 saturated heterocycles. The average Bonchev–Trinajstić information content (AvgIpc) is 2.86. The standard InChI is InChI=1S/C15H20N4/c16-6-14(17)13-7-18-19(8-13)15-11-2-9-1-10(4-11)5-12(15)3-9/h7-12,14-15H,1-5,17H2. The Morgan fingerprint density at radius 1 is 1.21 bits per heavy atom. The van der Waals surface area contributed by atoms with Gasteiger partial charge in [0.05, 0.1) is 18.3 Å². The van der Waals surface area contributed by atoms with Gasteiger partial charge in [-0.25, -0.2) is 0 Å². The van der Waals surface area contributed by atoms with Crippen molar-refractivity contribution in [3.05, 3.63) is 18.0 Å². The van der Waals surface area contributed by atoms with E-state index in [0.717, 1.165) is 29.2 Å². The number of aromatic nitrogens is 2. The Bertz CT molecular complexity index is 498. The fourth-order valence-corrected chi connectivity index (χ4v) is 5.08. The van der Waals surface area contributed by atoms with Crippen molar-refractivity contribution in [2.75, 3.05) is 0 Å². The molecule has 0 amide bonds. The second-order valence-corrected chi connectivity index (χ2v) is 6.78. The lowest BCUT2D eigenvalue weighted by molar-refractivity contribution is -0.0336. The van der Waals surface area contributed by atoms with Crippen LogP contribution < -0.4 is 5.73 Å². The van der Waals surface area contributed by atoms with Gasteiger partial charge in [0.15, 0.2) is 0 Å². The van der Waals surface area contributed by atoms with Crippen LogP contribution in [0.15, 0.2) is 12.4 Å². The monoisotopic (exact) mass is 256 g/mol. The number of hydrogen-bond acceptors (Lipinski definition) is 3. The normalized spacial score (nSPS) is 41.2. The van der Waals surface area contributed by atoms with Crippen LogP contribution in [0.3, 0.4) is 0 Å². The predicted octanol–water partition coefficient (Wildman–Crippen LogP) is 2.40. The van der Waals surface area contributed by atoms with Crippen molar-refractivity contribution in [2.24, 2.45) is 29.4 Å². The zero-order chi connectivity index (χ0) is 13.0.